The molecule has 0 N–H and O–H groups in total. The van der Waals surface area contributed by atoms with Crippen LogP contribution in [0.25, 0.3) is 0 Å². The molecule has 0 radical (unpaired) electrons. The Balaban J connectivity index is 1.56. The molecule has 1 amide bonds. The highest BCUT2D eigenvalue weighted by atomic mass is 19.1. The fourth-order valence-corrected chi connectivity index (χ4v) is 6.26. The highest BCUT2D eigenvalue weighted by molar-refractivity contribution is 6.46. The van der Waals surface area contributed by atoms with Crippen molar-refractivity contribution in [1.29, 1.82) is 0 Å². The fraction of sp³-hybridized carbons (Fsp3) is 0.516. The first-order chi connectivity index (χ1) is 17.5. The van der Waals surface area contributed by atoms with E-state index in [0.717, 1.165) is 44.1 Å². The van der Waals surface area contributed by atoms with Crippen LogP contribution in [0.15, 0.2) is 47.5 Å². The Morgan fingerprint density at radius 3 is 2.27 bits per heavy atom. The van der Waals surface area contributed by atoms with E-state index in [2.05, 4.69) is 25.7 Å². The van der Waals surface area contributed by atoms with Crippen molar-refractivity contribution >= 4 is 17.6 Å². The summed E-state index contributed by atoms with van der Waals surface area (Å²) in [5.41, 5.74) is 2.74. The van der Waals surface area contributed by atoms with Gasteiger partial charge in [0.15, 0.2) is 0 Å². The van der Waals surface area contributed by atoms with Crippen LogP contribution in [0, 0.1) is 30.0 Å². The number of carbonyl (C=O) groups is 2. The van der Waals surface area contributed by atoms with Gasteiger partial charge in [0.2, 0.25) is 0 Å². The van der Waals surface area contributed by atoms with E-state index in [1.54, 1.807) is 31.2 Å². The third kappa shape index (κ3) is 4.71. The summed E-state index contributed by atoms with van der Waals surface area (Å²) in [4.78, 5) is 33.5. The number of rotatable bonds is 5. The summed E-state index contributed by atoms with van der Waals surface area (Å²) in [6.45, 7) is 8.59. The second kappa shape index (κ2) is 9.38. The smallest absolute Gasteiger partial charge is 0.337 e. The highest BCUT2D eigenvalue weighted by Crippen LogP contribution is 2.54. The van der Waals surface area contributed by atoms with Crippen LogP contribution in [-0.4, -0.2) is 35.3 Å². The van der Waals surface area contributed by atoms with Gasteiger partial charge in [-0.1, -0.05) is 32.9 Å². The molecule has 6 heteroatoms. The molecule has 1 aliphatic heterocycles. The second-order valence-electron chi connectivity index (χ2n) is 12.1. The Morgan fingerprint density at radius 1 is 1.08 bits per heavy atom. The first-order valence-corrected chi connectivity index (χ1v) is 13.4. The van der Waals surface area contributed by atoms with Crippen molar-refractivity contribution in [2.45, 2.75) is 77.9 Å². The number of hydrogen-bond acceptors (Lipinski definition) is 4. The highest BCUT2D eigenvalue weighted by Gasteiger charge is 2.55. The standard InChI is InChI=1S/C31H37FN2O3/c1-19-18-23(12-13-25(19)32)26-28(35)34(31(33-26)16-14-24(15-17-31)30(2,3)4)27(20-6-7-20)21-8-10-22(11-9-21)29(36)37-5/h8-13,18,20,24,27H,6-7,14-17H2,1-5H3. The molecule has 2 saturated carbocycles. The molecule has 1 spiro atoms. The van der Waals surface area contributed by atoms with E-state index in [-0.39, 0.29) is 29.2 Å². The zero-order valence-corrected chi connectivity index (χ0v) is 22.5. The molecule has 0 saturated heterocycles. The number of ether oxygens (including phenoxy) is 1. The zero-order valence-electron chi connectivity index (χ0n) is 22.5. The minimum Gasteiger partial charge on any atom is -0.465 e. The average Bonchev–Trinajstić information content (AvgIpc) is 3.68. The van der Waals surface area contributed by atoms with Crippen molar-refractivity contribution in [3.63, 3.8) is 0 Å². The molecule has 3 aliphatic rings. The van der Waals surface area contributed by atoms with E-state index < -0.39 is 5.66 Å². The molecule has 2 aromatic rings. The predicted molar refractivity (Wildman–Crippen MR) is 142 cm³/mol. The first-order valence-electron chi connectivity index (χ1n) is 13.4. The molecular formula is C31H37FN2O3. The minimum atomic E-state index is -0.606. The van der Waals surface area contributed by atoms with Crippen molar-refractivity contribution in [2.24, 2.45) is 22.2 Å². The van der Waals surface area contributed by atoms with Crippen LogP contribution in [0.3, 0.4) is 0 Å². The van der Waals surface area contributed by atoms with E-state index >= 15 is 0 Å². The van der Waals surface area contributed by atoms with Gasteiger partial charge in [0.05, 0.1) is 18.7 Å². The van der Waals surface area contributed by atoms with Gasteiger partial charge in [-0.2, -0.15) is 0 Å². The van der Waals surface area contributed by atoms with Crippen LogP contribution in [-0.2, 0) is 9.53 Å². The van der Waals surface area contributed by atoms with Gasteiger partial charge in [0.25, 0.3) is 5.91 Å². The van der Waals surface area contributed by atoms with Crippen molar-refractivity contribution in [2.75, 3.05) is 7.11 Å². The van der Waals surface area contributed by atoms with Crippen LogP contribution in [0.1, 0.15) is 92.4 Å². The fourth-order valence-electron chi connectivity index (χ4n) is 6.26. The summed E-state index contributed by atoms with van der Waals surface area (Å²) in [5, 5.41) is 0. The van der Waals surface area contributed by atoms with Gasteiger partial charge < -0.3 is 9.64 Å². The minimum absolute atomic E-state index is 0.0749. The Kier molecular flexibility index (Phi) is 6.49. The van der Waals surface area contributed by atoms with E-state index in [0.29, 0.717) is 34.2 Å². The van der Waals surface area contributed by atoms with Crippen molar-refractivity contribution in [1.82, 2.24) is 4.90 Å². The Hall–Kier alpha value is -3.02. The molecule has 2 aliphatic carbocycles. The Morgan fingerprint density at radius 2 is 1.73 bits per heavy atom. The molecule has 37 heavy (non-hydrogen) atoms. The molecular weight excluding hydrogens is 467 g/mol. The van der Waals surface area contributed by atoms with Crippen LogP contribution >= 0.6 is 0 Å². The lowest BCUT2D eigenvalue weighted by atomic mass is 9.69. The molecule has 196 valence electrons. The van der Waals surface area contributed by atoms with Crippen LogP contribution in [0.5, 0.6) is 0 Å². The number of benzene rings is 2. The van der Waals surface area contributed by atoms with Gasteiger partial charge in [0, 0.05) is 5.56 Å². The van der Waals surface area contributed by atoms with E-state index in [4.69, 9.17) is 9.73 Å². The maximum Gasteiger partial charge on any atom is 0.337 e. The lowest BCUT2D eigenvalue weighted by Crippen LogP contribution is -2.52. The normalized spacial score (nSPS) is 24.8. The SMILES string of the molecule is COC(=O)c1ccc(C(C2CC2)N2C(=O)C(c3ccc(F)c(C)c3)=NC23CCC(C(C)(C)C)CC3)cc1. The lowest BCUT2D eigenvalue weighted by Gasteiger charge is -2.47. The van der Waals surface area contributed by atoms with E-state index in [1.165, 1.54) is 13.2 Å². The number of nitrogens with zero attached hydrogens (tertiary/aromatic N) is 2. The van der Waals surface area contributed by atoms with Gasteiger partial charge in [-0.15, -0.1) is 0 Å². The molecule has 1 atom stereocenters. The first kappa shape index (κ1) is 25.6. The predicted octanol–water partition coefficient (Wildman–Crippen LogP) is 6.64. The summed E-state index contributed by atoms with van der Waals surface area (Å²) < 4.78 is 18.9. The topological polar surface area (TPSA) is 59.0 Å². The van der Waals surface area contributed by atoms with Gasteiger partial charge >= 0.3 is 5.97 Å². The van der Waals surface area contributed by atoms with Crippen molar-refractivity contribution < 1.29 is 18.7 Å². The quantitative estimate of drug-likeness (QED) is 0.429. The molecule has 0 bridgehead atoms. The second-order valence-corrected chi connectivity index (χ2v) is 12.1. The van der Waals surface area contributed by atoms with Crippen molar-refractivity contribution in [3.8, 4) is 0 Å². The number of esters is 1. The number of hydrogen-bond donors (Lipinski definition) is 0. The monoisotopic (exact) mass is 504 g/mol. The maximum absolute atomic E-state index is 14.2. The molecule has 1 unspecified atom stereocenters. The molecule has 2 aromatic carbocycles. The van der Waals surface area contributed by atoms with Gasteiger partial charge in [0.1, 0.15) is 17.2 Å². The zero-order chi connectivity index (χ0) is 26.5. The molecule has 2 fully saturated rings. The van der Waals surface area contributed by atoms with Gasteiger partial charge in [-0.25, -0.2) is 9.18 Å². The molecule has 1 heterocycles. The maximum atomic E-state index is 14.2. The van der Waals surface area contributed by atoms with Gasteiger partial charge in [-0.3, -0.25) is 9.79 Å². The van der Waals surface area contributed by atoms with Crippen LogP contribution < -0.4 is 0 Å². The Labute approximate surface area is 219 Å². The lowest BCUT2D eigenvalue weighted by molar-refractivity contribution is -0.134. The number of methoxy groups -OCH3 is 1. The molecule has 0 aromatic heterocycles. The summed E-state index contributed by atoms with van der Waals surface area (Å²) in [7, 11) is 1.37. The molecule has 5 nitrogen and oxygen atoms in total. The summed E-state index contributed by atoms with van der Waals surface area (Å²) in [6.07, 6.45) is 5.75. The number of amides is 1. The Bertz CT molecular complexity index is 1230. The van der Waals surface area contributed by atoms with Crippen LogP contribution in [0.2, 0.25) is 0 Å². The summed E-state index contributed by atoms with van der Waals surface area (Å²) >= 11 is 0. The number of halogens is 1. The molecule has 5 rings (SSSR count). The average molecular weight is 505 g/mol. The number of aliphatic imine (C=N–C) groups is 1. The summed E-state index contributed by atoms with van der Waals surface area (Å²) in [5.74, 6) is 0.194. The van der Waals surface area contributed by atoms with E-state index in [9.17, 15) is 14.0 Å². The summed E-state index contributed by atoms with van der Waals surface area (Å²) in [6, 6.07) is 12.2. The largest absolute Gasteiger partial charge is 0.465 e. The third-order valence-corrected chi connectivity index (χ3v) is 8.65. The third-order valence-electron chi connectivity index (χ3n) is 8.65. The van der Waals surface area contributed by atoms with Gasteiger partial charge in [-0.05, 0) is 104 Å². The van der Waals surface area contributed by atoms with E-state index in [1.807, 2.05) is 12.1 Å². The van der Waals surface area contributed by atoms with Crippen molar-refractivity contribution in [3.05, 3.63) is 70.5 Å². The number of carbonyl (C=O) groups excluding carboxylic acids is 2. The number of aryl methyl sites for hydroxylation is 1. The van der Waals surface area contributed by atoms with Crippen LogP contribution in [0.4, 0.5) is 4.39 Å².